The van der Waals surface area contributed by atoms with Crippen molar-refractivity contribution in [3.63, 3.8) is 0 Å². The minimum atomic E-state index is -4.42. The van der Waals surface area contributed by atoms with Crippen LogP contribution in [0.3, 0.4) is 0 Å². The summed E-state index contributed by atoms with van der Waals surface area (Å²) in [6.07, 6.45) is -1.86. The first-order valence-electron chi connectivity index (χ1n) is 9.79. The monoisotopic (exact) mass is 450 g/mol. The maximum absolute atomic E-state index is 13.0. The Bertz CT molecular complexity index is 1010. The molecule has 0 amide bonds. The smallest absolute Gasteiger partial charge is 0.373 e. The van der Waals surface area contributed by atoms with E-state index in [4.69, 9.17) is 11.6 Å². The average Bonchev–Trinajstić information content (AvgIpc) is 3.13. The number of rotatable bonds is 6. The molecule has 2 N–H and O–H groups in total. The van der Waals surface area contributed by atoms with Gasteiger partial charge >= 0.3 is 6.18 Å². The number of halogens is 4. The molecule has 0 aliphatic carbocycles. The van der Waals surface area contributed by atoms with Gasteiger partial charge in [0.25, 0.3) is 0 Å². The van der Waals surface area contributed by atoms with Crippen LogP contribution < -0.4 is 20.4 Å². The van der Waals surface area contributed by atoms with Crippen molar-refractivity contribution in [2.75, 3.05) is 28.2 Å². The highest BCUT2D eigenvalue weighted by Crippen LogP contribution is 2.43. The highest BCUT2D eigenvalue weighted by atomic mass is 35.5. The lowest BCUT2D eigenvalue weighted by Gasteiger charge is -2.38. The van der Waals surface area contributed by atoms with Crippen LogP contribution in [0.1, 0.15) is 19.0 Å². The Kier molecular flexibility index (Phi) is 5.47. The van der Waals surface area contributed by atoms with Crippen molar-refractivity contribution < 1.29 is 13.2 Å². The first-order chi connectivity index (χ1) is 14.6. The zero-order valence-corrected chi connectivity index (χ0v) is 17.6. The van der Waals surface area contributed by atoms with Gasteiger partial charge in [-0.05, 0) is 31.5 Å². The summed E-state index contributed by atoms with van der Waals surface area (Å²) in [7, 11) is 0. The Morgan fingerprint density at radius 1 is 1.32 bits per heavy atom. The first-order valence-corrected chi connectivity index (χ1v) is 10.2. The largest absolute Gasteiger partial charge is 0.408 e. The summed E-state index contributed by atoms with van der Waals surface area (Å²) in [5.41, 5.74) is 0.992. The molecule has 0 spiro atoms. The van der Waals surface area contributed by atoms with Crippen molar-refractivity contribution in [3.8, 4) is 0 Å². The third-order valence-corrected chi connectivity index (χ3v) is 5.72. The van der Waals surface area contributed by atoms with Crippen LogP contribution in [0.25, 0.3) is 5.70 Å². The molecule has 10 heteroatoms. The minimum absolute atomic E-state index is 0.00814. The predicted molar refractivity (Wildman–Crippen MR) is 117 cm³/mol. The first kappa shape index (κ1) is 21.3. The second kappa shape index (κ2) is 7.96. The van der Waals surface area contributed by atoms with E-state index in [-0.39, 0.29) is 22.5 Å². The van der Waals surface area contributed by atoms with Gasteiger partial charge in [0, 0.05) is 19.3 Å². The van der Waals surface area contributed by atoms with Gasteiger partial charge in [-0.15, -0.1) is 0 Å². The summed E-state index contributed by atoms with van der Waals surface area (Å²) in [5.74, 6) is 1.78. The molecule has 0 saturated carbocycles. The van der Waals surface area contributed by atoms with Gasteiger partial charge in [0.1, 0.15) is 23.4 Å². The fraction of sp³-hybridized carbons (Fsp3) is 0.333. The lowest BCUT2D eigenvalue weighted by molar-refractivity contribution is -0.148. The van der Waals surface area contributed by atoms with Gasteiger partial charge in [-0.2, -0.15) is 13.2 Å². The molecule has 2 bridgehead atoms. The minimum Gasteiger partial charge on any atom is -0.373 e. The lowest BCUT2D eigenvalue weighted by Crippen LogP contribution is -2.44. The number of aromatic nitrogens is 2. The number of nitrogens with one attached hydrogen (secondary N) is 2. The SMILES string of the molecule is C=C(N[C@H](C)C(F)(F)F)c1nc2c(cc1Cl)N1CC[C@@H](C1)N2C(=C)Nc1ccccn1. The van der Waals surface area contributed by atoms with Gasteiger partial charge in [-0.3, -0.25) is 0 Å². The van der Waals surface area contributed by atoms with Crippen LogP contribution in [0.5, 0.6) is 0 Å². The van der Waals surface area contributed by atoms with E-state index in [1.165, 1.54) is 0 Å². The van der Waals surface area contributed by atoms with Crippen LogP contribution in [-0.2, 0) is 0 Å². The number of pyridine rings is 2. The molecular weight excluding hydrogens is 429 g/mol. The fourth-order valence-electron chi connectivity index (χ4n) is 3.84. The number of hydrogen-bond donors (Lipinski definition) is 2. The summed E-state index contributed by atoms with van der Waals surface area (Å²) in [6, 6.07) is 5.56. The van der Waals surface area contributed by atoms with Crippen LogP contribution >= 0.6 is 11.6 Å². The maximum Gasteiger partial charge on any atom is 0.408 e. The Labute approximate surface area is 183 Å². The molecule has 31 heavy (non-hydrogen) atoms. The quantitative estimate of drug-likeness (QED) is 0.669. The molecule has 1 saturated heterocycles. The molecule has 4 heterocycles. The van der Waals surface area contributed by atoms with E-state index in [0.29, 0.717) is 17.5 Å². The Morgan fingerprint density at radius 3 is 2.77 bits per heavy atom. The van der Waals surface area contributed by atoms with Crippen molar-refractivity contribution >= 4 is 34.6 Å². The van der Waals surface area contributed by atoms with Crippen LogP contribution in [-0.4, -0.2) is 41.3 Å². The molecule has 4 rings (SSSR count). The Hall–Kier alpha value is -2.94. The van der Waals surface area contributed by atoms with Crippen LogP contribution in [0.4, 0.5) is 30.5 Å². The van der Waals surface area contributed by atoms with E-state index in [0.717, 1.165) is 32.1 Å². The van der Waals surface area contributed by atoms with E-state index in [1.54, 1.807) is 12.3 Å². The zero-order chi connectivity index (χ0) is 22.3. The average molecular weight is 451 g/mol. The Balaban J connectivity index is 1.68. The molecule has 1 fully saturated rings. The Morgan fingerprint density at radius 2 is 2.10 bits per heavy atom. The molecule has 164 valence electrons. The molecule has 2 aromatic heterocycles. The third kappa shape index (κ3) is 4.14. The normalized spacial score (nSPS) is 18.4. The zero-order valence-electron chi connectivity index (χ0n) is 16.9. The van der Waals surface area contributed by atoms with Gasteiger partial charge in [-0.25, -0.2) is 9.97 Å². The van der Waals surface area contributed by atoms with Crippen LogP contribution in [0.2, 0.25) is 5.02 Å². The molecular formula is C21H22ClF3N6. The second-order valence-electron chi connectivity index (χ2n) is 7.59. The maximum atomic E-state index is 13.0. The van der Waals surface area contributed by atoms with Crippen molar-refractivity contribution in [1.29, 1.82) is 0 Å². The van der Waals surface area contributed by atoms with Gasteiger partial charge in [0.15, 0.2) is 5.82 Å². The topological polar surface area (TPSA) is 56.3 Å². The van der Waals surface area contributed by atoms with Crippen molar-refractivity contribution in [2.45, 2.75) is 31.6 Å². The number of nitrogens with zero attached hydrogens (tertiary/aromatic N) is 4. The summed E-state index contributed by atoms with van der Waals surface area (Å²) < 4.78 is 39.0. The summed E-state index contributed by atoms with van der Waals surface area (Å²) in [4.78, 5) is 13.0. The fourth-order valence-corrected chi connectivity index (χ4v) is 4.10. The van der Waals surface area contributed by atoms with Crippen molar-refractivity contribution in [3.05, 3.63) is 60.2 Å². The third-order valence-electron chi connectivity index (χ3n) is 5.43. The van der Waals surface area contributed by atoms with E-state index >= 15 is 0 Å². The molecule has 2 aromatic rings. The second-order valence-corrected chi connectivity index (χ2v) is 8.00. The molecule has 0 radical (unpaired) electrons. The molecule has 0 unspecified atom stereocenters. The van der Waals surface area contributed by atoms with Crippen LogP contribution in [0.15, 0.2) is 49.4 Å². The lowest BCUT2D eigenvalue weighted by atomic mass is 10.1. The van der Waals surface area contributed by atoms with Crippen LogP contribution in [0, 0.1) is 0 Å². The number of alkyl halides is 3. The number of anilines is 3. The van der Waals surface area contributed by atoms with E-state index in [2.05, 4.69) is 38.7 Å². The molecule has 6 nitrogen and oxygen atoms in total. The highest BCUT2D eigenvalue weighted by Gasteiger charge is 2.40. The molecule has 2 aliphatic heterocycles. The number of hydrogen-bond acceptors (Lipinski definition) is 6. The van der Waals surface area contributed by atoms with Gasteiger partial charge in [0.05, 0.1) is 22.4 Å². The summed E-state index contributed by atoms with van der Waals surface area (Å²) in [6.45, 7) is 10.5. The molecule has 2 atom stereocenters. The van der Waals surface area contributed by atoms with Gasteiger partial charge in [0.2, 0.25) is 0 Å². The van der Waals surface area contributed by atoms with Gasteiger partial charge < -0.3 is 20.4 Å². The number of fused-ring (bicyclic) bond motifs is 4. The van der Waals surface area contributed by atoms with Gasteiger partial charge in [-0.1, -0.05) is 30.8 Å². The van der Waals surface area contributed by atoms with E-state index in [1.807, 2.05) is 23.1 Å². The van der Waals surface area contributed by atoms with Crippen molar-refractivity contribution in [2.24, 2.45) is 0 Å². The van der Waals surface area contributed by atoms with E-state index < -0.39 is 12.2 Å². The van der Waals surface area contributed by atoms with E-state index in [9.17, 15) is 13.2 Å². The van der Waals surface area contributed by atoms with Crippen molar-refractivity contribution in [1.82, 2.24) is 15.3 Å². The summed E-state index contributed by atoms with van der Waals surface area (Å²) >= 11 is 6.41. The summed E-state index contributed by atoms with van der Waals surface area (Å²) in [5, 5.41) is 5.79. The highest BCUT2D eigenvalue weighted by molar-refractivity contribution is 6.32. The molecule has 2 aliphatic rings. The molecule has 0 aromatic carbocycles. The standard InChI is InChI=1S/C21H22ClF3N6/c1-12(27-13(2)21(23,24)25)19-16(22)10-17-20(29-19)31(15-7-9-30(17)11-15)14(3)28-18-6-4-5-8-26-18/h4-6,8,10,13,15,27H,1,3,7,9,11H2,2H3,(H,26,28)/t13-,15+/m1/s1. The predicted octanol–water partition coefficient (Wildman–Crippen LogP) is 4.62.